The van der Waals surface area contributed by atoms with Gasteiger partial charge in [-0.25, -0.2) is 0 Å². The predicted octanol–water partition coefficient (Wildman–Crippen LogP) is 1.86. The molecule has 0 aliphatic carbocycles. The maximum absolute atomic E-state index is 5.98. The zero-order chi connectivity index (χ0) is 12.2. The molecule has 0 aromatic carbocycles. The summed E-state index contributed by atoms with van der Waals surface area (Å²) in [6.45, 7) is 9.95. The van der Waals surface area contributed by atoms with Gasteiger partial charge in [-0.2, -0.15) is 0 Å². The van der Waals surface area contributed by atoms with Crippen molar-refractivity contribution < 1.29 is 4.74 Å². The molecular weight excluding hydrogens is 200 g/mol. The molecule has 0 amide bonds. The molecule has 0 aromatic heterocycles. The third-order valence-corrected chi connectivity index (χ3v) is 3.57. The van der Waals surface area contributed by atoms with E-state index in [1.54, 1.807) is 0 Å². The molecule has 1 heterocycles. The van der Waals surface area contributed by atoms with E-state index in [0.29, 0.717) is 12.0 Å². The first-order chi connectivity index (χ1) is 7.42. The Morgan fingerprint density at radius 1 is 1.44 bits per heavy atom. The van der Waals surface area contributed by atoms with Gasteiger partial charge in [0.25, 0.3) is 0 Å². The van der Waals surface area contributed by atoms with Gasteiger partial charge in [-0.3, -0.25) is 0 Å². The summed E-state index contributed by atoms with van der Waals surface area (Å²) in [5.41, 5.74) is 5.96. The number of hydrogen-bond acceptors (Lipinski definition) is 3. The summed E-state index contributed by atoms with van der Waals surface area (Å²) < 4.78 is 5.51. The highest BCUT2D eigenvalue weighted by Gasteiger charge is 2.25. The van der Waals surface area contributed by atoms with E-state index in [1.807, 2.05) is 7.11 Å². The predicted molar refractivity (Wildman–Crippen MR) is 68.5 cm³/mol. The van der Waals surface area contributed by atoms with Crippen LogP contribution in [0.5, 0.6) is 0 Å². The van der Waals surface area contributed by atoms with E-state index < -0.39 is 0 Å². The number of likely N-dealkylation sites (tertiary alicyclic amines) is 1. The summed E-state index contributed by atoms with van der Waals surface area (Å²) in [4.78, 5) is 2.51. The first kappa shape index (κ1) is 13.9. The Morgan fingerprint density at radius 2 is 2.12 bits per heavy atom. The van der Waals surface area contributed by atoms with Crippen molar-refractivity contribution in [1.82, 2.24) is 4.90 Å². The van der Waals surface area contributed by atoms with Gasteiger partial charge in [0.05, 0.1) is 6.10 Å². The summed E-state index contributed by atoms with van der Waals surface area (Å²) >= 11 is 0. The van der Waals surface area contributed by atoms with E-state index in [-0.39, 0.29) is 5.54 Å². The highest BCUT2D eigenvalue weighted by atomic mass is 16.5. The molecule has 2 atom stereocenters. The van der Waals surface area contributed by atoms with Crippen molar-refractivity contribution >= 4 is 0 Å². The maximum atomic E-state index is 5.98. The molecule has 16 heavy (non-hydrogen) atoms. The second-order valence-corrected chi connectivity index (χ2v) is 5.93. The Bertz CT molecular complexity index is 201. The minimum Gasteiger partial charge on any atom is -0.380 e. The van der Waals surface area contributed by atoms with E-state index in [0.717, 1.165) is 19.5 Å². The monoisotopic (exact) mass is 228 g/mol. The van der Waals surface area contributed by atoms with Crippen LogP contribution in [-0.4, -0.2) is 43.3 Å². The standard InChI is InChI=1S/C13H28N2O/c1-11-6-9-15(10-12(11)16-4)8-5-7-13(2,3)14/h11-12H,5-10,14H2,1-4H3. The fourth-order valence-electron chi connectivity index (χ4n) is 2.37. The Kier molecular flexibility index (Phi) is 5.22. The summed E-state index contributed by atoms with van der Waals surface area (Å²) in [7, 11) is 1.83. The van der Waals surface area contributed by atoms with Gasteiger partial charge in [0.1, 0.15) is 0 Å². The average Bonchev–Trinajstić information content (AvgIpc) is 2.18. The molecule has 2 unspecified atom stereocenters. The minimum absolute atomic E-state index is 0.0241. The van der Waals surface area contributed by atoms with Gasteiger partial charge in [-0.1, -0.05) is 6.92 Å². The fraction of sp³-hybridized carbons (Fsp3) is 1.00. The quantitative estimate of drug-likeness (QED) is 0.780. The van der Waals surface area contributed by atoms with Crippen LogP contribution in [0.4, 0.5) is 0 Å². The van der Waals surface area contributed by atoms with Crippen LogP contribution in [0.25, 0.3) is 0 Å². The van der Waals surface area contributed by atoms with Gasteiger partial charge in [-0.05, 0) is 52.1 Å². The van der Waals surface area contributed by atoms with Crippen LogP contribution >= 0.6 is 0 Å². The fourth-order valence-corrected chi connectivity index (χ4v) is 2.37. The molecule has 1 aliphatic heterocycles. The second kappa shape index (κ2) is 5.99. The molecule has 0 spiro atoms. The number of nitrogens with two attached hydrogens (primary N) is 1. The molecule has 1 fully saturated rings. The lowest BCUT2D eigenvalue weighted by Gasteiger charge is -2.36. The van der Waals surface area contributed by atoms with Crippen LogP contribution in [0.15, 0.2) is 0 Å². The molecule has 0 saturated carbocycles. The summed E-state index contributed by atoms with van der Waals surface area (Å²) in [6.07, 6.45) is 3.95. The number of ether oxygens (including phenoxy) is 1. The van der Waals surface area contributed by atoms with Crippen molar-refractivity contribution in [2.24, 2.45) is 11.7 Å². The van der Waals surface area contributed by atoms with Crippen molar-refractivity contribution in [3.63, 3.8) is 0 Å². The number of piperidine rings is 1. The van der Waals surface area contributed by atoms with Gasteiger partial charge in [0.15, 0.2) is 0 Å². The third kappa shape index (κ3) is 4.81. The number of methoxy groups -OCH3 is 1. The molecular formula is C13H28N2O. The van der Waals surface area contributed by atoms with Crippen LogP contribution in [0, 0.1) is 5.92 Å². The Balaban J connectivity index is 2.23. The maximum Gasteiger partial charge on any atom is 0.0724 e. The van der Waals surface area contributed by atoms with Crippen molar-refractivity contribution in [3.05, 3.63) is 0 Å². The van der Waals surface area contributed by atoms with Crippen LogP contribution in [-0.2, 0) is 4.74 Å². The van der Waals surface area contributed by atoms with E-state index in [9.17, 15) is 0 Å². The Morgan fingerprint density at radius 3 is 2.69 bits per heavy atom. The van der Waals surface area contributed by atoms with Crippen LogP contribution in [0.2, 0.25) is 0 Å². The first-order valence-electron chi connectivity index (χ1n) is 6.46. The number of rotatable bonds is 5. The van der Waals surface area contributed by atoms with E-state index in [1.165, 1.54) is 19.4 Å². The van der Waals surface area contributed by atoms with Crippen molar-refractivity contribution in [1.29, 1.82) is 0 Å². The lowest BCUT2D eigenvalue weighted by Crippen LogP contribution is -2.44. The van der Waals surface area contributed by atoms with Gasteiger partial charge >= 0.3 is 0 Å². The van der Waals surface area contributed by atoms with Crippen LogP contribution < -0.4 is 5.73 Å². The highest BCUT2D eigenvalue weighted by Crippen LogP contribution is 2.20. The minimum atomic E-state index is -0.0241. The zero-order valence-electron chi connectivity index (χ0n) is 11.3. The van der Waals surface area contributed by atoms with Gasteiger partial charge < -0.3 is 15.4 Å². The second-order valence-electron chi connectivity index (χ2n) is 5.93. The van der Waals surface area contributed by atoms with Gasteiger partial charge in [-0.15, -0.1) is 0 Å². The molecule has 96 valence electrons. The topological polar surface area (TPSA) is 38.5 Å². The smallest absolute Gasteiger partial charge is 0.0724 e. The Hall–Kier alpha value is -0.120. The van der Waals surface area contributed by atoms with E-state index in [4.69, 9.17) is 10.5 Å². The summed E-state index contributed by atoms with van der Waals surface area (Å²) in [6, 6.07) is 0. The lowest BCUT2D eigenvalue weighted by molar-refractivity contribution is -0.00551. The first-order valence-corrected chi connectivity index (χ1v) is 6.46. The van der Waals surface area contributed by atoms with Crippen LogP contribution in [0.1, 0.15) is 40.0 Å². The average molecular weight is 228 g/mol. The molecule has 0 radical (unpaired) electrons. The Labute approximate surface area is 100 Å². The van der Waals surface area contributed by atoms with Crippen molar-refractivity contribution in [2.45, 2.75) is 51.7 Å². The number of hydrogen-bond donors (Lipinski definition) is 1. The molecule has 2 N–H and O–H groups in total. The lowest BCUT2D eigenvalue weighted by atomic mass is 9.95. The molecule has 1 rings (SSSR count). The molecule has 0 aromatic rings. The van der Waals surface area contributed by atoms with Crippen molar-refractivity contribution in [2.75, 3.05) is 26.7 Å². The normalized spacial score (nSPS) is 28.3. The molecule has 1 saturated heterocycles. The van der Waals surface area contributed by atoms with E-state index >= 15 is 0 Å². The SMILES string of the molecule is COC1CN(CCCC(C)(C)N)CCC1C. The summed E-state index contributed by atoms with van der Waals surface area (Å²) in [5, 5.41) is 0. The largest absolute Gasteiger partial charge is 0.380 e. The molecule has 3 nitrogen and oxygen atoms in total. The van der Waals surface area contributed by atoms with Gasteiger partial charge in [0.2, 0.25) is 0 Å². The molecule has 1 aliphatic rings. The van der Waals surface area contributed by atoms with E-state index in [2.05, 4.69) is 25.7 Å². The van der Waals surface area contributed by atoms with Gasteiger partial charge in [0, 0.05) is 19.2 Å². The molecule has 0 bridgehead atoms. The summed E-state index contributed by atoms with van der Waals surface area (Å²) in [5.74, 6) is 0.701. The third-order valence-electron chi connectivity index (χ3n) is 3.57. The highest BCUT2D eigenvalue weighted by molar-refractivity contribution is 4.79. The van der Waals surface area contributed by atoms with Crippen LogP contribution in [0.3, 0.4) is 0 Å². The molecule has 3 heteroatoms. The number of nitrogens with zero attached hydrogens (tertiary/aromatic N) is 1. The van der Waals surface area contributed by atoms with Crippen molar-refractivity contribution in [3.8, 4) is 0 Å². The zero-order valence-corrected chi connectivity index (χ0v) is 11.3.